The van der Waals surface area contributed by atoms with Gasteiger partial charge >= 0.3 is 0 Å². The Balaban J connectivity index is 2.53. The molecular weight excluding hydrogens is 148 g/mol. The summed E-state index contributed by atoms with van der Waals surface area (Å²) in [6.07, 6.45) is 0. The van der Waals surface area contributed by atoms with Crippen LogP contribution < -0.4 is 10.3 Å². The lowest BCUT2D eigenvalue weighted by Crippen LogP contribution is -2.37. The maximum Gasteiger partial charge on any atom is 0.242 e. The minimum absolute atomic E-state index is 0.504. The van der Waals surface area contributed by atoms with E-state index in [1.165, 1.54) is 0 Å². The van der Waals surface area contributed by atoms with Gasteiger partial charge in [0.2, 0.25) is 12.2 Å². The van der Waals surface area contributed by atoms with E-state index in [1.807, 2.05) is 0 Å². The lowest BCUT2D eigenvalue weighted by molar-refractivity contribution is -0.153. The second-order valence-corrected chi connectivity index (χ2v) is 1.76. The average molecular weight is 157 g/mol. The summed E-state index contributed by atoms with van der Waals surface area (Å²) >= 11 is 1.91. The molecule has 8 heavy (non-hydrogen) atoms. The molecule has 5 N–H and O–H groups in total. The van der Waals surface area contributed by atoms with Crippen molar-refractivity contribution in [3.63, 3.8) is 0 Å². The van der Waals surface area contributed by atoms with Crippen molar-refractivity contribution >= 4 is 24.5 Å². The molecule has 0 aromatic carbocycles. The van der Waals surface area contributed by atoms with E-state index in [1.54, 1.807) is 0 Å². The van der Waals surface area contributed by atoms with Crippen molar-refractivity contribution in [1.29, 1.82) is 0 Å². The number of hydrogen-bond acceptors (Lipinski definition) is 5. The fourth-order valence-electron chi connectivity index (χ4n) is 0.175. The van der Waals surface area contributed by atoms with Crippen molar-refractivity contribution in [3.05, 3.63) is 0 Å². The Morgan fingerprint density at radius 2 is 2.00 bits per heavy atom. The van der Waals surface area contributed by atoms with Crippen LogP contribution in [0.1, 0.15) is 0 Å². The molecule has 0 rings (SSSR count). The van der Waals surface area contributed by atoms with E-state index >= 15 is 0 Å². The van der Waals surface area contributed by atoms with Crippen LogP contribution in [0.4, 0.5) is 0 Å². The van der Waals surface area contributed by atoms with Gasteiger partial charge in [-0.2, -0.15) is 0 Å². The van der Waals surface area contributed by atoms with E-state index in [-0.39, 0.29) is 0 Å². The third-order valence-corrected chi connectivity index (χ3v) is 1.04. The Morgan fingerprint density at radius 3 is 2.50 bits per heavy atom. The topological polar surface area (TPSA) is 72.1 Å². The summed E-state index contributed by atoms with van der Waals surface area (Å²) in [5.74, 6) is 0. The summed E-state index contributed by atoms with van der Waals surface area (Å²) in [6.45, 7) is 1.03. The SMILES string of the molecule is NSOCCOS[NH3+]. The van der Waals surface area contributed by atoms with Crippen molar-refractivity contribution in [2.45, 2.75) is 0 Å². The zero-order chi connectivity index (χ0) is 6.24. The van der Waals surface area contributed by atoms with Gasteiger partial charge in [0.25, 0.3) is 0 Å². The molecule has 50 valence electrons. The highest BCUT2D eigenvalue weighted by atomic mass is 32.2. The zero-order valence-corrected chi connectivity index (χ0v) is 5.96. The Bertz CT molecular complexity index is 41.0. The standard InChI is InChI=1S/C2H8N2O2S2/c3-7-5-1-2-6-8-4/h1-4H2/p+1. The lowest BCUT2D eigenvalue weighted by Gasteiger charge is -1.93. The monoisotopic (exact) mass is 157 g/mol. The molecule has 4 nitrogen and oxygen atoms in total. The molecule has 0 saturated heterocycles. The van der Waals surface area contributed by atoms with Gasteiger partial charge in [0.15, 0.2) is 0 Å². The summed E-state index contributed by atoms with van der Waals surface area (Å²) in [4.78, 5) is 0. The minimum Gasteiger partial charge on any atom is -0.299 e. The number of nitrogens with two attached hydrogens (primary N) is 1. The Labute approximate surface area is 56.9 Å². The highest BCUT2D eigenvalue weighted by molar-refractivity contribution is 7.92. The van der Waals surface area contributed by atoms with Gasteiger partial charge in [0, 0.05) is 0 Å². The van der Waals surface area contributed by atoms with Crippen LogP contribution in [-0.2, 0) is 8.37 Å². The van der Waals surface area contributed by atoms with E-state index in [4.69, 9.17) is 9.32 Å². The average Bonchev–Trinajstić information content (AvgIpc) is 1.81. The smallest absolute Gasteiger partial charge is 0.242 e. The summed E-state index contributed by atoms with van der Waals surface area (Å²) < 4.78 is 9.41. The second kappa shape index (κ2) is 7.54. The molecule has 0 unspecified atom stereocenters. The van der Waals surface area contributed by atoms with Crippen molar-refractivity contribution in [1.82, 2.24) is 0 Å². The Morgan fingerprint density at radius 1 is 1.38 bits per heavy atom. The number of rotatable bonds is 5. The van der Waals surface area contributed by atoms with Crippen molar-refractivity contribution in [2.24, 2.45) is 5.14 Å². The summed E-state index contributed by atoms with van der Waals surface area (Å²) in [5, 5.41) is 8.31. The van der Waals surface area contributed by atoms with Crippen LogP contribution in [0.3, 0.4) is 0 Å². The van der Waals surface area contributed by atoms with Crippen LogP contribution >= 0.6 is 24.5 Å². The van der Waals surface area contributed by atoms with Crippen molar-refractivity contribution in [2.75, 3.05) is 13.2 Å². The van der Waals surface area contributed by atoms with Crippen molar-refractivity contribution < 1.29 is 13.5 Å². The van der Waals surface area contributed by atoms with E-state index in [9.17, 15) is 0 Å². The Hall–Kier alpha value is 0.540. The van der Waals surface area contributed by atoms with Crippen LogP contribution in [0.5, 0.6) is 0 Å². The molecule has 0 saturated carbocycles. The molecule has 6 heteroatoms. The highest BCUT2D eigenvalue weighted by Crippen LogP contribution is 1.90. The first-order valence-corrected chi connectivity index (χ1v) is 3.65. The molecule has 0 bridgehead atoms. The number of quaternary nitrogens is 1. The van der Waals surface area contributed by atoms with E-state index in [0.717, 1.165) is 24.5 Å². The second-order valence-electron chi connectivity index (χ2n) is 0.858. The predicted octanol–water partition coefficient (Wildman–Crippen LogP) is -0.653. The van der Waals surface area contributed by atoms with E-state index < -0.39 is 0 Å². The van der Waals surface area contributed by atoms with Crippen LogP contribution in [0.15, 0.2) is 0 Å². The maximum absolute atomic E-state index is 4.93. The fourth-order valence-corrected chi connectivity index (χ4v) is 0.525. The van der Waals surface area contributed by atoms with Gasteiger partial charge in [0.05, 0.1) is 25.4 Å². The quantitative estimate of drug-likeness (QED) is 0.315. The molecule has 0 aliphatic heterocycles. The van der Waals surface area contributed by atoms with Gasteiger partial charge in [-0.3, -0.25) is 18.6 Å². The molecule has 0 heterocycles. The van der Waals surface area contributed by atoms with Gasteiger partial charge in [-0.15, -0.1) is 0 Å². The molecule has 0 aromatic rings. The fraction of sp³-hybridized carbons (Fsp3) is 1.00. The molecule has 0 aliphatic rings. The van der Waals surface area contributed by atoms with Gasteiger partial charge < -0.3 is 0 Å². The van der Waals surface area contributed by atoms with Crippen LogP contribution in [-0.4, -0.2) is 13.2 Å². The summed E-state index contributed by atoms with van der Waals surface area (Å²) in [5.41, 5.74) is 0. The van der Waals surface area contributed by atoms with Crippen LogP contribution in [0, 0.1) is 0 Å². The molecule has 0 spiro atoms. The summed E-state index contributed by atoms with van der Waals surface area (Å²) in [7, 11) is 0. The van der Waals surface area contributed by atoms with Gasteiger partial charge in [-0.05, 0) is 0 Å². The van der Waals surface area contributed by atoms with Gasteiger partial charge in [-0.25, -0.2) is 0 Å². The van der Waals surface area contributed by atoms with E-state index in [2.05, 4.69) is 9.32 Å². The molecule has 0 atom stereocenters. The van der Waals surface area contributed by atoms with Crippen molar-refractivity contribution in [3.8, 4) is 0 Å². The van der Waals surface area contributed by atoms with Gasteiger partial charge in [-0.1, -0.05) is 0 Å². The first-order valence-electron chi connectivity index (χ1n) is 1.94. The molecular formula is C2H9N2O2S2+. The normalized spacial score (nSPS) is 9.75. The first-order chi connectivity index (χ1) is 3.91. The molecule has 0 amide bonds. The van der Waals surface area contributed by atoms with Crippen LogP contribution in [0.2, 0.25) is 0 Å². The molecule has 0 fully saturated rings. The maximum atomic E-state index is 4.93. The summed E-state index contributed by atoms with van der Waals surface area (Å²) in [6, 6.07) is 0. The predicted molar refractivity (Wildman–Crippen MR) is 34.2 cm³/mol. The Kier molecular flexibility index (Phi) is 8.05. The van der Waals surface area contributed by atoms with E-state index in [0.29, 0.717) is 13.2 Å². The minimum atomic E-state index is 0.504. The zero-order valence-electron chi connectivity index (χ0n) is 4.33. The lowest BCUT2D eigenvalue weighted by atomic mass is 10.8. The third-order valence-electron chi connectivity index (χ3n) is 0.401. The first kappa shape index (κ1) is 8.54. The van der Waals surface area contributed by atoms with Gasteiger partial charge in [0.1, 0.15) is 0 Å². The third kappa shape index (κ3) is 6.54. The molecule has 0 radical (unpaired) electrons. The molecule has 0 aliphatic carbocycles. The largest absolute Gasteiger partial charge is 0.299 e. The van der Waals surface area contributed by atoms with Crippen LogP contribution in [0.25, 0.3) is 0 Å². The number of hydrogen-bond donors (Lipinski definition) is 2. The highest BCUT2D eigenvalue weighted by Gasteiger charge is 1.86. The molecule has 0 aromatic heterocycles.